The van der Waals surface area contributed by atoms with Crippen molar-refractivity contribution in [3.63, 3.8) is 0 Å². The summed E-state index contributed by atoms with van der Waals surface area (Å²) in [5.41, 5.74) is -1.86. The van der Waals surface area contributed by atoms with Gasteiger partial charge in [0.25, 0.3) is 5.56 Å². The van der Waals surface area contributed by atoms with Crippen molar-refractivity contribution in [2.75, 3.05) is 7.11 Å². The van der Waals surface area contributed by atoms with Crippen LogP contribution in [0.25, 0.3) is 15.2 Å². The van der Waals surface area contributed by atoms with E-state index in [4.69, 9.17) is 18.9 Å². The number of aryl methyl sites for hydroxylation is 1. The minimum Gasteiger partial charge on any atom is -0.496 e. The van der Waals surface area contributed by atoms with Gasteiger partial charge in [-0.25, -0.2) is 14.2 Å². The summed E-state index contributed by atoms with van der Waals surface area (Å²) < 4.78 is 27.2. The highest BCUT2D eigenvalue weighted by Gasteiger charge is 2.56. The lowest BCUT2D eigenvalue weighted by Crippen LogP contribution is -2.50. The SMILES string of the molecule is COc1ccccc1[C@H](Cn1c(=O)n(C2(C(=O)OC(C)(C)C)CC2)c(=O)c2c(C)c(-n3nccn3)sc21)OC1C[C@H]2CC[C@@H](C1)O2. The molecule has 4 atom stereocenters. The van der Waals surface area contributed by atoms with Crippen LogP contribution >= 0.6 is 11.3 Å². The normalized spacial score (nSPS) is 22.6. The number of hydrogen-bond acceptors (Lipinski definition) is 10. The number of thiophene rings is 1. The van der Waals surface area contributed by atoms with Crippen molar-refractivity contribution in [1.29, 1.82) is 0 Å². The molecule has 3 aromatic heterocycles. The van der Waals surface area contributed by atoms with Gasteiger partial charge in [-0.2, -0.15) is 10.2 Å². The molecule has 0 spiro atoms. The maximum atomic E-state index is 14.7. The van der Waals surface area contributed by atoms with Crippen molar-refractivity contribution in [2.45, 2.75) is 108 Å². The fourth-order valence-electron chi connectivity index (χ4n) is 6.86. The summed E-state index contributed by atoms with van der Waals surface area (Å²) in [6, 6.07) is 7.62. The molecule has 4 aromatic rings. The van der Waals surface area contributed by atoms with Gasteiger partial charge in [0.2, 0.25) is 0 Å². The Morgan fingerprint density at radius 3 is 2.41 bits per heavy atom. The van der Waals surface area contributed by atoms with E-state index in [-0.39, 0.29) is 24.9 Å². The summed E-state index contributed by atoms with van der Waals surface area (Å²) in [5, 5.41) is 9.55. The summed E-state index contributed by atoms with van der Waals surface area (Å²) in [5.74, 6) is 0.0542. The zero-order valence-corrected chi connectivity index (χ0v) is 27.5. The van der Waals surface area contributed by atoms with Gasteiger partial charge < -0.3 is 18.9 Å². The van der Waals surface area contributed by atoms with Crippen molar-refractivity contribution in [1.82, 2.24) is 24.1 Å². The second kappa shape index (κ2) is 11.5. The van der Waals surface area contributed by atoms with E-state index >= 15 is 0 Å². The van der Waals surface area contributed by atoms with Crippen LogP contribution in [0.2, 0.25) is 0 Å². The number of nitrogens with zero attached hydrogens (tertiary/aromatic N) is 5. The highest BCUT2D eigenvalue weighted by Crippen LogP contribution is 2.45. The number of hydrogen-bond donors (Lipinski definition) is 0. The Balaban J connectivity index is 1.41. The first-order chi connectivity index (χ1) is 22.0. The average molecular weight is 650 g/mol. The number of benzene rings is 1. The van der Waals surface area contributed by atoms with Gasteiger partial charge in [0, 0.05) is 11.1 Å². The van der Waals surface area contributed by atoms with Gasteiger partial charge in [-0.05, 0) is 72.3 Å². The number of fused-ring (bicyclic) bond motifs is 3. The van der Waals surface area contributed by atoms with Crippen molar-refractivity contribution >= 4 is 27.5 Å². The number of ether oxygens (including phenoxy) is 4. The maximum Gasteiger partial charge on any atom is 0.333 e. The Labute approximate surface area is 269 Å². The summed E-state index contributed by atoms with van der Waals surface area (Å²) >= 11 is 1.26. The predicted molar refractivity (Wildman–Crippen MR) is 171 cm³/mol. The Kier molecular flexibility index (Phi) is 7.68. The van der Waals surface area contributed by atoms with Gasteiger partial charge in [0.15, 0.2) is 5.54 Å². The zero-order chi connectivity index (χ0) is 32.4. The quantitative estimate of drug-likeness (QED) is 0.242. The molecule has 3 aliphatic rings. The lowest BCUT2D eigenvalue weighted by Gasteiger charge is -2.32. The standard InChI is InChI=1S/C33H39N5O7S/c1-19-26-27(39)37(33(12-13-33)30(40)45-32(2,3)4)31(41)36(29(26)46-28(19)38-34-14-15-35-38)18-25(23-8-6-7-9-24(23)42-5)44-22-16-20-10-11-21(17-22)43-20/h6-9,14-15,20-22,25H,10-13,16-18H2,1-5H3/t20-,21+,22?,25-/m0/s1. The van der Waals surface area contributed by atoms with Crippen LogP contribution in [-0.4, -0.2) is 61.1 Å². The Morgan fingerprint density at radius 2 is 1.78 bits per heavy atom. The molecule has 7 rings (SSSR count). The molecule has 2 aliphatic heterocycles. The summed E-state index contributed by atoms with van der Waals surface area (Å²) in [6.07, 6.45) is 6.97. The van der Waals surface area contributed by atoms with Gasteiger partial charge in [-0.3, -0.25) is 9.36 Å². The first-order valence-corrected chi connectivity index (χ1v) is 16.6. The fourth-order valence-corrected chi connectivity index (χ4v) is 8.08. The molecule has 0 N–H and O–H groups in total. The lowest BCUT2D eigenvalue weighted by atomic mass is 10.0. The average Bonchev–Trinajstić information content (AvgIpc) is 3.29. The summed E-state index contributed by atoms with van der Waals surface area (Å²) in [4.78, 5) is 44.6. The minimum atomic E-state index is -1.38. The fraction of sp³-hybridized carbons (Fsp3) is 0.545. The van der Waals surface area contributed by atoms with Gasteiger partial charge >= 0.3 is 11.7 Å². The first kappa shape index (κ1) is 30.8. The van der Waals surface area contributed by atoms with Crippen LogP contribution in [0.5, 0.6) is 5.75 Å². The molecule has 1 aliphatic carbocycles. The van der Waals surface area contributed by atoms with Gasteiger partial charge in [-0.15, -0.1) is 4.80 Å². The second-order valence-corrected chi connectivity index (χ2v) is 14.5. The Hall–Kier alpha value is -3.81. The Bertz CT molecular complexity index is 1890. The lowest BCUT2D eigenvalue weighted by molar-refractivity contribution is -0.161. The van der Waals surface area contributed by atoms with Crippen LogP contribution in [0.15, 0.2) is 46.2 Å². The third-order valence-electron chi connectivity index (χ3n) is 9.16. The molecule has 1 unspecified atom stereocenters. The molecule has 5 heterocycles. The highest BCUT2D eigenvalue weighted by atomic mass is 32.1. The van der Waals surface area contributed by atoms with Crippen molar-refractivity contribution in [3.8, 4) is 10.8 Å². The second-order valence-electron chi connectivity index (χ2n) is 13.5. The van der Waals surface area contributed by atoms with Crippen molar-refractivity contribution in [2.24, 2.45) is 0 Å². The molecule has 2 saturated heterocycles. The van der Waals surface area contributed by atoms with Crippen LogP contribution in [0.3, 0.4) is 0 Å². The van der Waals surface area contributed by atoms with E-state index in [2.05, 4.69) is 10.2 Å². The Morgan fingerprint density at radius 1 is 1.11 bits per heavy atom. The van der Waals surface area contributed by atoms with E-state index in [1.54, 1.807) is 44.8 Å². The van der Waals surface area contributed by atoms with Crippen LogP contribution in [0.4, 0.5) is 0 Å². The number of aromatic nitrogens is 5. The molecule has 244 valence electrons. The van der Waals surface area contributed by atoms with Crippen LogP contribution in [-0.2, 0) is 31.1 Å². The van der Waals surface area contributed by atoms with E-state index in [0.717, 1.165) is 35.8 Å². The zero-order valence-electron chi connectivity index (χ0n) is 26.7. The molecule has 0 radical (unpaired) electrons. The molecular formula is C33H39N5O7S. The van der Waals surface area contributed by atoms with E-state index < -0.39 is 34.5 Å². The van der Waals surface area contributed by atoms with Crippen molar-refractivity contribution < 1.29 is 23.7 Å². The van der Waals surface area contributed by atoms with Crippen LogP contribution < -0.4 is 16.0 Å². The molecule has 2 bridgehead atoms. The monoisotopic (exact) mass is 649 g/mol. The van der Waals surface area contributed by atoms with E-state index in [0.29, 0.717) is 39.4 Å². The van der Waals surface area contributed by atoms with E-state index in [9.17, 15) is 14.4 Å². The van der Waals surface area contributed by atoms with Crippen molar-refractivity contribution in [3.05, 3.63) is 68.6 Å². The molecule has 13 heteroatoms. The number of rotatable bonds is 9. The third-order valence-corrected chi connectivity index (χ3v) is 10.4. The topological polar surface area (TPSA) is 129 Å². The molecular weight excluding hydrogens is 610 g/mol. The number of carbonyl (C=O) groups excluding carboxylic acids is 1. The maximum absolute atomic E-state index is 14.7. The highest BCUT2D eigenvalue weighted by molar-refractivity contribution is 7.21. The molecule has 12 nitrogen and oxygen atoms in total. The smallest absolute Gasteiger partial charge is 0.333 e. The summed E-state index contributed by atoms with van der Waals surface area (Å²) in [6.45, 7) is 7.22. The molecule has 1 aromatic carbocycles. The summed E-state index contributed by atoms with van der Waals surface area (Å²) in [7, 11) is 1.61. The minimum absolute atomic E-state index is 0.0799. The number of para-hydroxylation sites is 1. The number of methoxy groups -OCH3 is 1. The molecule has 3 fully saturated rings. The third kappa shape index (κ3) is 5.37. The van der Waals surface area contributed by atoms with Gasteiger partial charge in [0.1, 0.15) is 27.3 Å². The molecule has 46 heavy (non-hydrogen) atoms. The van der Waals surface area contributed by atoms with Gasteiger partial charge in [-0.1, -0.05) is 29.5 Å². The van der Waals surface area contributed by atoms with E-state index in [1.165, 1.54) is 16.1 Å². The van der Waals surface area contributed by atoms with E-state index in [1.807, 2.05) is 31.2 Å². The molecule has 0 amide bonds. The number of esters is 1. The van der Waals surface area contributed by atoms with Crippen LogP contribution in [0, 0.1) is 6.92 Å². The number of carbonyl (C=O) groups is 1. The predicted octanol–water partition coefficient (Wildman–Crippen LogP) is 4.42. The largest absolute Gasteiger partial charge is 0.496 e. The molecule has 1 saturated carbocycles. The first-order valence-electron chi connectivity index (χ1n) is 15.8. The van der Waals surface area contributed by atoms with Gasteiger partial charge in [0.05, 0.1) is 49.7 Å². The van der Waals surface area contributed by atoms with Crippen LogP contribution in [0.1, 0.15) is 76.5 Å².